The fraction of sp³-hybridized carbons (Fsp3) is 0. The van der Waals surface area contributed by atoms with Gasteiger partial charge < -0.3 is 0 Å². The Morgan fingerprint density at radius 3 is 1.94 bits per heavy atom. The number of nitriles is 1. The van der Waals surface area contributed by atoms with Crippen molar-refractivity contribution in [3.05, 3.63) is 157 Å². The Balaban J connectivity index is 1.10. The van der Waals surface area contributed by atoms with Gasteiger partial charge in [0.2, 0.25) is 0 Å². The van der Waals surface area contributed by atoms with Crippen LogP contribution in [0.25, 0.3) is 98.8 Å². The number of benzene rings is 6. The molecule has 0 atom stereocenters. The van der Waals surface area contributed by atoms with Gasteiger partial charge in [0.05, 0.1) is 44.9 Å². The Hall–Kier alpha value is -7.03. The summed E-state index contributed by atoms with van der Waals surface area (Å²) in [4.78, 5) is 19.5. The fourth-order valence-electron chi connectivity index (χ4n) is 7.32. The Labute approximate surface area is 286 Å². The summed E-state index contributed by atoms with van der Waals surface area (Å²) in [6.07, 6.45) is 3.65. The normalized spacial score (nSPS) is 11.6. The number of hydrogen-bond acceptors (Lipinski definition) is 5. The highest BCUT2D eigenvalue weighted by Crippen LogP contribution is 2.41. The minimum absolute atomic E-state index is 0.617. The first kappa shape index (κ1) is 28.0. The van der Waals surface area contributed by atoms with Gasteiger partial charge in [0.1, 0.15) is 0 Å². The molecule has 10 rings (SSSR count). The number of rotatable bonds is 3. The zero-order valence-corrected chi connectivity index (χ0v) is 26.7. The quantitative estimate of drug-likeness (QED) is 0.143. The maximum atomic E-state index is 9.50. The van der Waals surface area contributed by atoms with Crippen molar-refractivity contribution in [2.75, 3.05) is 0 Å². The molecule has 10 aromatic rings. The van der Waals surface area contributed by atoms with Crippen LogP contribution in [0.3, 0.4) is 0 Å². The Morgan fingerprint density at radius 2 is 1.10 bits per heavy atom. The molecule has 0 aliphatic carbocycles. The largest absolute Gasteiger partial charge is 0.254 e. The van der Waals surface area contributed by atoms with Crippen molar-refractivity contribution in [2.24, 2.45) is 0 Å². The molecule has 0 N–H and O–H groups in total. The van der Waals surface area contributed by atoms with Crippen LogP contribution in [0.5, 0.6) is 0 Å². The molecule has 0 saturated carbocycles. The van der Waals surface area contributed by atoms with Gasteiger partial charge in [-0.3, -0.25) is 9.97 Å². The topological polar surface area (TPSA) is 75.3 Å². The summed E-state index contributed by atoms with van der Waals surface area (Å²) >= 11 is 0. The predicted molar refractivity (Wildman–Crippen MR) is 204 cm³/mol. The van der Waals surface area contributed by atoms with Crippen molar-refractivity contribution in [3.63, 3.8) is 0 Å². The third-order valence-corrected chi connectivity index (χ3v) is 9.73. The zero-order valence-electron chi connectivity index (χ0n) is 26.7. The molecule has 0 radical (unpaired) electrons. The second kappa shape index (κ2) is 11.0. The monoisotopic (exact) mass is 635 g/mol. The molecule has 5 heteroatoms. The molecule has 0 saturated heterocycles. The summed E-state index contributed by atoms with van der Waals surface area (Å²) in [5.74, 6) is 0. The van der Waals surface area contributed by atoms with E-state index < -0.39 is 0 Å². The van der Waals surface area contributed by atoms with Crippen LogP contribution >= 0.6 is 0 Å². The number of aromatic nitrogens is 4. The van der Waals surface area contributed by atoms with Gasteiger partial charge in [0, 0.05) is 44.9 Å². The van der Waals surface area contributed by atoms with Gasteiger partial charge in [-0.1, -0.05) is 91.0 Å². The van der Waals surface area contributed by atoms with Gasteiger partial charge in [-0.25, -0.2) is 9.97 Å². The van der Waals surface area contributed by atoms with Crippen molar-refractivity contribution in [2.45, 2.75) is 0 Å². The molecular formula is C45H25N5. The van der Waals surface area contributed by atoms with Crippen LogP contribution in [-0.2, 0) is 0 Å². The predicted octanol–water partition coefficient (Wildman–Crippen LogP) is 11.1. The lowest BCUT2D eigenvalue weighted by Gasteiger charge is -2.15. The minimum Gasteiger partial charge on any atom is -0.254 e. The number of fused-ring (bicyclic) bond motifs is 8. The van der Waals surface area contributed by atoms with Crippen LogP contribution in [0.4, 0.5) is 0 Å². The second-order valence-electron chi connectivity index (χ2n) is 12.6. The summed E-state index contributed by atoms with van der Waals surface area (Å²) in [6.45, 7) is 0. The Bertz CT molecular complexity index is 3050. The van der Waals surface area contributed by atoms with Gasteiger partial charge in [0.25, 0.3) is 0 Å². The van der Waals surface area contributed by atoms with E-state index in [4.69, 9.17) is 15.0 Å². The second-order valence-corrected chi connectivity index (χ2v) is 12.6. The van der Waals surface area contributed by atoms with Crippen LogP contribution < -0.4 is 0 Å². The maximum Gasteiger partial charge on any atom is 0.0991 e. The van der Waals surface area contributed by atoms with E-state index in [1.807, 2.05) is 42.7 Å². The average Bonchev–Trinajstić information content (AvgIpc) is 3.19. The van der Waals surface area contributed by atoms with Gasteiger partial charge in [-0.2, -0.15) is 5.26 Å². The lowest BCUT2D eigenvalue weighted by Crippen LogP contribution is -1.92. The van der Waals surface area contributed by atoms with Crippen molar-refractivity contribution in [1.29, 1.82) is 5.26 Å². The molecule has 0 bridgehead atoms. The van der Waals surface area contributed by atoms with Gasteiger partial charge in [-0.15, -0.1) is 0 Å². The highest BCUT2D eigenvalue weighted by molar-refractivity contribution is 6.16. The van der Waals surface area contributed by atoms with E-state index >= 15 is 0 Å². The summed E-state index contributed by atoms with van der Waals surface area (Å²) in [6, 6.07) is 50.5. The van der Waals surface area contributed by atoms with Crippen molar-refractivity contribution in [3.8, 4) is 39.6 Å². The molecule has 4 heterocycles. The number of nitrogens with zero attached hydrogens (tertiary/aromatic N) is 5. The molecule has 6 aromatic carbocycles. The van der Waals surface area contributed by atoms with E-state index in [-0.39, 0.29) is 0 Å². The number of pyridine rings is 4. The average molecular weight is 636 g/mol. The molecule has 0 unspecified atom stereocenters. The molecule has 5 nitrogen and oxygen atoms in total. The van der Waals surface area contributed by atoms with E-state index in [2.05, 4.69) is 120 Å². The molecule has 230 valence electrons. The first-order valence-corrected chi connectivity index (χ1v) is 16.5. The lowest BCUT2D eigenvalue weighted by molar-refractivity contribution is 1.37. The van der Waals surface area contributed by atoms with Crippen molar-refractivity contribution >= 4 is 65.3 Å². The smallest absolute Gasteiger partial charge is 0.0991 e. The van der Waals surface area contributed by atoms with Crippen LogP contribution in [-0.4, -0.2) is 19.9 Å². The lowest BCUT2D eigenvalue weighted by atomic mass is 9.89. The minimum atomic E-state index is 0.617. The van der Waals surface area contributed by atoms with Crippen molar-refractivity contribution < 1.29 is 0 Å². The summed E-state index contributed by atoms with van der Waals surface area (Å²) in [7, 11) is 0. The SMILES string of the molecule is N#Cc1ccc2nc3c(cc(-c4ccc(-c5ccc(-c6ccc7ccc8cccnc8c7n6)cc5)c5ccccc45)c4cccnc43)cc2c1. The Morgan fingerprint density at radius 1 is 0.420 bits per heavy atom. The van der Waals surface area contributed by atoms with Gasteiger partial charge >= 0.3 is 0 Å². The summed E-state index contributed by atoms with van der Waals surface area (Å²) in [5.41, 5.74) is 11.5. The molecule has 0 spiro atoms. The highest BCUT2D eigenvalue weighted by atomic mass is 14.8. The van der Waals surface area contributed by atoms with Gasteiger partial charge in [-0.05, 0) is 81.6 Å². The van der Waals surface area contributed by atoms with Crippen LogP contribution in [0.2, 0.25) is 0 Å². The standard InChI is InChI=1S/C45H25N5/c46-26-27-9-19-41-32(23-27)24-33-25-39(38-8-4-22-48-45(38)44(33)50-41)37-18-17-34(35-6-1-2-7-36(35)37)28-10-12-29(13-11-28)40-20-16-31-15-14-30-5-3-21-47-42(30)43(31)49-40/h1-25H. The van der Waals surface area contributed by atoms with E-state index in [1.54, 1.807) is 0 Å². The van der Waals surface area contributed by atoms with E-state index in [1.165, 1.54) is 5.39 Å². The third kappa shape index (κ3) is 4.40. The molecule has 0 fully saturated rings. The van der Waals surface area contributed by atoms with Gasteiger partial charge in [0.15, 0.2) is 0 Å². The van der Waals surface area contributed by atoms with E-state index in [0.717, 1.165) is 93.4 Å². The molecule has 0 amide bonds. The highest BCUT2D eigenvalue weighted by Gasteiger charge is 2.16. The van der Waals surface area contributed by atoms with E-state index in [9.17, 15) is 5.26 Å². The van der Waals surface area contributed by atoms with Crippen LogP contribution in [0, 0.1) is 11.3 Å². The first-order valence-electron chi connectivity index (χ1n) is 16.5. The third-order valence-electron chi connectivity index (χ3n) is 9.73. The fourth-order valence-corrected chi connectivity index (χ4v) is 7.32. The van der Waals surface area contributed by atoms with Crippen LogP contribution in [0.1, 0.15) is 5.56 Å². The van der Waals surface area contributed by atoms with Crippen LogP contribution in [0.15, 0.2) is 152 Å². The molecular weight excluding hydrogens is 611 g/mol. The Kier molecular flexibility index (Phi) is 6.17. The first-order chi connectivity index (χ1) is 24.7. The zero-order chi connectivity index (χ0) is 33.2. The van der Waals surface area contributed by atoms with Crippen molar-refractivity contribution in [1.82, 2.24) is 19.9 Å². The summed E-state index contributed by atoms with van der Waals surface area (Å²) < 4.78 is 0. The maximum absolute atomic E-state index is 9.50. The number of hydrogen-bond donors (Lipinski definition) is 0. The molecule has 0 aliphatic heterocycles. The summed E-state index contributed by atoms with van der Waals surface area (Å²) in [5, 5.41) is 17.0. The molecule has 50 heavy (non-hydrogen) atoms. The molecule has 0 aliphatic rings. The van der Waals surface area contributed by atoms with E-state index in [0.29, 0.717) is 5.56 Å². The molecule has 4 aromatic heterocycles.